The predicted molar refractivity (Wildman–Crippen MR) is 260 cm³/mol. The monoisotopic (exact) mass is 919 g/mol. The Kier molecular flexibility index (Phi) is 24.5. The summed E-state index contributed by atoms with van der Waals surface area (Å²) in [7, 11) is 0. The third-order valence-electron chi connectivity index (χ3n) is 10.3. The van der Waals surface area contributed by atoms with Crippen molar-refractivity contribution in [3.05, 3.63) is 81.9 Å². The van der Waals surface area contributed by atoms with Crippen LogP contribution < -0.4 is 49.6 Å². The van der Waals surface area contributed by atoms with Gasteiger partial charge in [0.05, 0.1) is 29.0 Å². The number of nitrogens with one attached hydrogen (secondary N) is 2. The highest BCUT2D eigenvalue weighted by Crippen LogP contribution is 2.35. The van der Waals surface area contributed by atoms with Crippen LogP contribution in [0.1, 0.15) is 101 Å². The fourth-order valence-electron chi connectivity index (χ4n) is 7.03. The summed E-state index contributed by atoms with van der Waals surface area (Å²) in [6, 6.07) is 12.7. The zero-order valence-corrected chi connectivity index (χ0v) is 38.9. The van der Waals surface area contributed by atoms with Gasteiger partial charge in [-0.15, -0.1) is 23.5 Å². The number of carbonyl (C=O) groups is 4. The minimum absolute atomic E-state index is 0.0687. The Balaban J connectivity index is 2.01. The van der Waals surface area contributed by atoms with E-state index < -0.39 is 12.1 Å². The summed E-state index contributed by atoms with van der Waals surface area (Å²) in [5.41, 5.74) is 45.3. The van der Waals surface area contributed by atoms with Crippen LogP contribution in [-0.2, 0) is 35.3 Å². The first kappa shape index (κ1) is 53.9. The third kappa shape index (κ3) is 17.8. The Labute approximate surface area is 386 Å². The van der Waals surface area contributed by atoms with Crippen molar-refractivity contribution in [3.63, 3.8) is 0 Å². The van der Waals surface area contributed by atoms with Crippen molar-refractivity contribution in [2.24, 2.45) is 40.1 Å². The molecular weight excluding hydrogens is 851 g/mol. The first-order valence-corrected chi connectivity index (χ1v) is 23.9. The van der Waals surface area contributed by atoms with Gasteiger partial charge in [0.1, 0.15) is 24.7 Å². The van der Waals surface area contributed by atoms with E-state index in [4.69, 9.17) is 60.4 Å². The van der Waals surface area contributed by atoms with Crippen molar-refractivity contribution < 1.29 is 28.7 Å². The second-order valence-electron chi connectivity index (χ2n) is 15.7. The van der Waals surface area contributed by atoms with Gasteiger partial charge in [-0.3, -0.25) is 24.6 Å². The van der Waals surface area contributed by atoms with E-state index in [0.29, 0.717) is 80.0 Å². The molecule has 0 bridgehead atoms. The molecule has 0 radical (unpaired) electrons. The van der Waals surface area contributed by atoms with Gasteiger partial charge in [0, 0.05) is 91.4 Å². The number of unbranched alkanes of at least 4 members (excludes halogenated alkanes) is 2. The molecule has 16 N–H and O–H groups in total. The standard InChI is InChI=1S/C47H69N9O6S2/c1-30(52)8-2-3-13-37(53)41(59)26-33-11-6-9-31(46(33)63-22-18-50)24-39(57)35-28-36(44(62-21-17-49)29-43(35)61-20-16-48)40(58)25-32-10-7-12-34(47(32)64-23-19-51)27-42(60)38(54)14-4-5-15-45(55)56/h6-7,9-12,28-29,37-38,52H,2-5,8,13-27,48-51,53-54H2,1H3,(H3,55,56)/t37-,38-/m1/s1. The number of hydrogen-bond acceptors (Lipinski definition) is 16. The summed E-state index contributed by atoms with van der Waals surface area (Å²) in [6.07, 6.45) is 4.98. The topological polar surface area (TPSA) is 317 Å². The van der Waals surface area contributed by atoms with Crippen LogP contribution in [0, 0.1) is 10.8 Å². The van der Waals surface area contributed by atoms with Crippen molar-refractivity contribution in [1.29, 1.82) is 10.8 Å². The van der Waals surface area contributed by atoms with Crippen LogP contribution in [-0.4, -0.2) is 97.7 Å². The van der Waals surface area contributed by atoms with Crippen LogP contribution in [0.15, 0.2) is 58.3 Å². The highest BCUT2D eigenvalue weighted by molar-refractivity contribution is 7.99. The predicted octanol–water partition coefficient (Wildman–Crippen LogP) is 4.29. The minimum atomic E-state index is -0.690. The van der Waals surface area contributed by atoms with Crippen LogP contribution in [0.3, 0.4) is 0 Å². The lowest BCUT2D eigenvalue weighted by atomic mass is 9.93. The van der Waals surface area contributed by atoms with E-state index >= 15 is 0 Å². The number of Topliss-reactive ketones (excluding diaryl/α,β-unsaturated/α-hetero) is 4. The first-order valence-electron chi connectivity index (χ1n) is 21.9. The fourth-order valence-corrected chi connectivity index (χ4v) is 8.98. The van der Waals surface area contributed by atoms with Gasteiger partial charge in [-0.25, -0.2) is 0 Å². The average Bonchev–Trinajstić information content (AvgIpc) is 3.26. The Hall–Kier alpha value is -4.46. The van der Waals surface area contributed by atoms with Gasteiger partial charge in [-0.2, -0.15) is 0 Å². The van der Waals surface area contributed by atoms with Crippen molar-refractivity contribution in [3.8, 4) is 11.5 Å². The van der Waals surface area contributed by atoms with Gasteiger partial charge in [0.2, 0.25) is 0 Å². The van der Waals surface area contributed by atoms with Crippen molar-refractivity contribution in [1.82, 2.24) is 0 Å². The molecule has 0 saturated heterocycles. The van der Waals surface area contributed by atoms with E-state index in [0.717, 1.165) is 33.8 Å². The van der Waals surface area contributed by atoms with Gasteiger partial charge >= 0.3 is 0 Å². The molecule has 350 valence electrons. The summed E-state index contributed by atoms with van der Waals surface area (Å²) in [5.74, 6) is 0.666. The Morgan fingerprint density at radius 1 is 0.594 bits per heavy atom. The largest absolute Gasteiger partial charge is 0.491 e. The number of thioether (sulfide) groups is 2. The quantitative estimate of drug-likeness (QED) is 0.0133. The molecular formula is C47H69N9O6S2. The average molecular weight is 920 g/mol. The summed E-state index contributed by atoms with van der Waals surface area (Å²) < 4.78 is 12.0. The molecule has 0 heterocycles. The number of nitrogens with two attached hydrogens (primary N) is 7. The van der Waals surface area contributed by atoms with E-state index in [1.54, 1.807) is 13.0 Å². The molecule has 0 aliphatic carbocycles. The number of amidine groups is 1. The highest BCUT2D eigenvalue weighted by atomic mass is 32.2. The Morgan fingerprint density at radius 3 is 1.38 bits per heavy atom. The number of ketones is 4. The number of rotatable bonds is 34. The van der Waals surface area contributed by atoms with Gasteiger partial charge in [-0.1, -0.05) is 49.2 Å². The molecule has 0 fully saturated rings. The zero-order chi connectivity index (χ0) is 47.0. The maximum atomic E-state index is 14.5. The molecule has 2 atom stereocenters. The van der Waals surface area contributed by atoms with E-state index in [1.165, 1.54) is 35.7 Å². The molecule has 15 nitrogen and oxygen atoms in total. The van der Waals surface area contributed by atoms with Crippen LogP contribution in [0.2, 0.25) is 0 Å². The second kappa shape index (κ2) is 29.2. The lowest BCUT2D eigenvalue weighted by Crippen LogP contribution is -2.32. The Bertz CT molecular complexity index is 1910. The summed E-state index contributed by atoms with van der Waals surface area (Å²) in [6.45, 7) is 3.03. The molecule has 3 aromatic carbocycles. The normalized spacial score (nSPS) is 12.1. The maximum absolute atomic E-state index is 14.5. The van der Waals surface area contributed by atoms with Crippen LogP contribution in [0.5, 0.6) is 11.5 Å². The van der Waals surface area contributed by atoms with Gasteiger partial charge in [-0.05, 0) is 67.3 Å². The summed E-state index contributed by atoms with van der Waals surface area (Å²) in [5, 5.41) is 15.1. The fraction of sp³-hybridized carbons (Fsp3) is 0.489. The summed E-state index contributed by atoms with van der Waals surface area (Å²) >= 11 is 2.93. The number of hydrogen-bond donors (Lipinski definition) is 9. The highest BCUT2D eigenvalue weighted by Gasteiger charge is 2.26. The van der Waals surface area contributed by atoms with Crippen LogP contribution in [0.4, 0.5) is 0 Å². The molecule has 0 unspecified atom stereocenters. The molecule has 0 aromatic heterocycles. The van der Waals surface area contributed by atoms with Crippen molar-refractivity contribution in [2.45, 2.75) is 106 Å². The molecule has 0 aliphatic rings. The van der Waals surface area contributed by atoms with Crippen molar-refractivity contribution >= 4 is 58.2 Å². The molecule has 17 heteroatoms. The van der Waals surface area contributed by atoms with Gasteiger partial charge < -0.3 is 55.0 Å². The summed E-state index contributed by atoms with van der Waals surface area (Å²) in [4.78, 5) is 57.2. The number of ether oxygens (including phenoxy) is 2. The third-order valence-corrected chi connectivity index (χ3v) is 12.8. The smallest absolute Gasteiger partial charge is 0.171 e. The molecule has 64 heavy (non-hydrogen) atoms. The molecule has 0 spiro atoms. The van der Waals surface area contributed by atoms with Crippen LogP contribution in [0.25, 0.3) is 0 Å². The number of carbonyl (C=O) groups excluding carboxylic acids is 4. The second-order valence-corrected chi connectivity index (χ2v) is 17.9. The lowest BCUT2D eigenvalue weighted by Gasteiger charge is -2.19. The number of benzene rings is 3. The minimum Gasteiger partial charge on any atom is -0.491 e. The zero-order valence-electron chi connectivity index (χ0n) is 37.2. The first-order chi connectivity index (χ1) is 30.7. The van der Waals surface area contributed by atoms with E-state index in [2.05, 4.69) is 0 Å². The maximum Gasteiger partial charge on any atom is 0.171 e. The molecule has 3 rings (SSSR count). The molecule has 3 aromatic rings. The van der Waals surface area contributed by atoms with E-state index in [1.807, 2.05) is 30.3 Å². The Morgan fingerprint density at radius 2 is 1.00 bits per heavy atom. The van der Waals surface area contributed by atoms with Gasteiger partial charge in [0.25, 0.3) is 0 Å². The molecule has 0 aliphatic heterocycles. The molecule has 0 amide bonds. The van der Waals surface area contributed by atoms with Gasteiger partial charge in [0.15, 0.2) is 23.1 Å². The molecule has 0 saturated carbocycles. The van der Waals surface area contributed by atoms with E-state index in [9.17, 15) is 19.2 Å². The van der Waals surface area contributed by atoms with E-state index in [-0.39, 0.29) is 104 Å². The van der Waals surface area contributed by atoms with Crippen LogP contribution >= 0.6 is 23.5 Å². The SMILES string of the molecule is CC(=N)CCCC[C@@H](N)C(=O)Cc1cccc(CC(=O)c2cc(C(=O)Cc3cccc(CC(=O)[C@H](N)CCCCC(=N)N)c3SCCN)c(OCCN)cc2OCCN)c1SCCN. The lowest BCUT2D eigenvalue weighted by molar-refractivity contribution is -0.120. The van der Waals surface area contributed by atoms with Crippen molar-refractivity contribution in [2.75, 3.05) is 50.9 Å².